The number of halogens is 3. The topological polar surface area (TPSA) is 18.5 Å². The molecule has 0 aromatic heterocycles. The van der Waals surface area contributed by atoms with E-state index in [0.29, 0.717) is 30.0 Å². The molecule has 0 amide bonds. The normalized spacial score (nSPS) is 24.1. The molecule has 2 aromatic carbocycles. The minimum atomic E-state index is -4.29. The molecular formula is C29H38F3N3. The Labute approximate surface area is 207 Å². The molecule has 1 aliphatic carbocycles. The largest absolute Gasteiger partial charge is 0.416 e. The van der Waals surface area contributed by atoms with Crippen molar-refractivity contribution in [3.63, 3.8) is 0 Å². The molecule has 3 aliphatic rings. The van der Waals surface area contributed by atoms with Gasteiger partial charge in [-0.05, 0) is 78.9 Å². The van der Waals surface area contributed by atoms with Gasteiger partial charge in [0.1, 0.15) is 0 Å². The molecule has 0 radical (unpaired) electrons. The van der Waals surface area contributed by atoms with Gasteiger partial charge < -0.3 is 5.32 Å². The van der Waals surface area contributed by atoms with E-state index in [9.17, 15) is 13.2 Å². The molecule has 2 saturated heterocycles. The lowest BCUT2D eigenvalue weighted by Crippen LogP contribution is -2.59. The number of alkyl halides is 3. The fraction of sp³-hybridized carbons (Fsp3) is 0.586. The number of piperidine rings is 1. The summed E-state index contributed by atoms with van der Waals surface area (Å²) < 4.78 is 39.0. The van der Waals surface area contributed by atoms with Crippen LogP contribution >= 0.6 is 0 Å². The molecule has 2 aliphatic heterocycles. The summed E-state index contributed by atoms with van der Waals surface area (Å²) in [5, 5.41) is 3.52. The van der Waals surface area contributed by atoms with Crippen LogP contribution in [0, 0.1) is 5.41 Å². The lowest BCUT2D eigenvalue weighted by molar-refractivity contribution is -0.137. The molecule has 35 heavy (non-hydrogen) atoms. The summed E-state index contributed by atoms with van der Waals surface area (Å²) in [5.74, 6) is 0.454. The van der Waals surface area contributed by atoms with Gasteiger partial charge in [-0.25, -0.2) is 0 Å². The second-order valence-corrected chi connectivity index (χ2v) is 11.3. The maximum atomic E-state index is 13.0. The van der Waals surface area contributed by atoms with Crippen LogP contribution in [0.5, 0.6) is 0 Å². The summed E-state index contributed by atoms with van der Waals surface area (Å²) in [7, 11) is 0. The van der Waals surface area contributed by atoms with Crippen LogP contribution in [0.3, 0.4) is 0 Å². The third-order valence-corrected chi connectivity index (χ3v) is 8.64. The van der Waals surface area contributed by atoms with Gasteiger partial charge in [-0.2, -0.15) is 13.2 Å². The fourth-order valence-corrected chi connectivity index (χ4v) is 6.65. The summed E-state index contributed by atoms with van der Waals surface area (Å²) in [4.78, 5) is 5.19. The van der Waals surface area contributed by atoms with Crippen LogP contribution in [0.25, 0.3) is 0 Å². The number of nitrogens with one attached hydrogen (secondary N) is 1. The van der Waals surface area contributed by atoms with Crippen LogP contribution in [-0.4, -0.2) is 48.6 Å². The Morgan fingerprint density at radius 1 is 0.971 bits per heavy atom. The third kappa shape index (κ3) is 5.30. The van der Waals surface area contributed by atoms with E-state index in [-0.39, 0.29) is 0 Å². The van der Waals surface area contributed by atoms with Gasteiger partial charge in [-0.1, -0.05) is 50.2 Å². The maximum absolute atomic E-state index is 13.0. The van der Waals surface area contributed by atoms with Gasteiger partial charge in [-0.15, -0.1) is 0 Å². The first-order chi connectivity index (χ1) is 16.7. The van der Waals surface area contributed by atoms with Crippen molar-refractivity contribution in [2.45, 2.75) is 70.3 Å². The molecule has 2 aromatic rings. The predicted octanol–water partition coefficient (Wildman–Crippen LogP) is 6.22. The maximum Gasteiger partial charge on any atom is 0.416 e. The van der Waals surface area contributed by atoms with Crippen molar-refractivity contribution in [2.75, 3.05) is 32.7 Å². The quantitative estimate of drug-likeness (QED) is 0.542. The molecule has 1 unspecified atom stereocenters. The first kappa shape index (κ1) is 24.8. The average Bonchev–Trinajstić information content (AvgIpc) is 2.83. The van der Waals surface area contributed by atoms with E-state index in [1.807, 2.05) is 0 Å². The zero-order chi connectivity index (χ0) is 24.6. The van der Waals surface area contributed by atoms with E-state index in [0.717, 1.165) is 38.3 Å². The van der Waals surface area contributed by atoms with Crippen LogP contribution in [0.15, 0.2) is 48.5 Å². The lowest BCUT2D eigenvalue weighted by Gasteiger charge is -2.57. The van der Waals surface area contributed by atoms with Crippen molar-refractivity contribution in [3.05, 3.63) is 70.8 Å². The Balaban J connectivity index is 1.34. The summed E-state index contributed by atoms with van der Waals surface area (Å²) in [5.41, 5.74) is 3.74. The van der Waals surface area contributed by atoms with Crippen LogP contribution in [0.4, 0.5) is 13.2 Å². The van der Waals surface area contributed by atoms with Crippen molar-refractivity contribution >= 4 is 0 Å². The Hall–Kier alpha value is -1.89. The summed E-state index contributed by atoms with van der Waals surface area (Å²) >= 11 is 0. The lowest BCUT2D eigenvalue weighted by atomic mass is 9.60. The second kappa shape index (κ2) is 9.87. The highest BCUT2D eigenvalue weighted by Gasteiger charge is 2.49. The van der Waals surface area contributed by atoms with Gasteiger partial charge in [0, 0.05) is 38.3 Å². The minimum Gasteiger partial charge on any atom is -0.317 e. The number of hydrogen-bond donors (Lipinski definition) is 1. The third-order valence-electron chi connectivity index (χ3n) is 8.64. The molecule has 5 rings (SSSR count). The molecule has 6 heteroatoms. The SMILES string of the molecule is CC(C)c1ccccc1C1CN(Cc2ccc(C(F)(F)F)cc2)CCN1C1CC2(CCNCC2)C1. The van der Waals surface area contributed by atoms with Gasteiger partial charge in [-0.3, -0.25) is 9.80 Å². The summed E-state index contributed by atoms with van der Waals surface area (Å²) in [6.45, 7) is 10.4. The zero-order valence-corrected chi connectivity index (χ0v) is 21.0. The van der Waals surface area contributed by atoms with Crippen molar-refractivity contribution in [3.8, 4) is 0 Å². The van der Waals surface area contributed by atoms with Crippen molar-refractivity contribution < 1.29 is 13.2 Å². The van der Waals surface area contributed by atoms with E-state index in [2.05, 4.69) is 53.2 Å². The Bertz CT molecular complexity index is 987. The molecular weight excluding hydrogens is 447 g/mol. The van der Waals surface area contributed by atoms with E-state index in [1.54, 1.807) is 12.1 Å². The smallest absolute Gasteiger partial charge is 0.317 e. The molecule has 1 atom stereocenters. The fourth-order valence-electron chi connectivity index (χ4n) is 6.65. The molecule has 2 heterocycles. The number of rotatable bonds is 5. The van der Waals surface area contributed by atoms with Gasteiger partial charge in [0.05, 0.1) is 5.56 Å². The minimum absolute atomic E-state index is 0.320. The first-order valence-electron chi connectivity index (χ1n) is 13.2. The summed E-state index contributed by atoms with van der Waals surface area (Å²) in [6.07, 6.45) is 0.904. The van der Waals surface area contributed by atoms with Gasteiger partial charge in [0.25, 0.3) is 0 Å². The van der Waals surface area contributed by atoms with E-state index in [4.69, 9.17) is 0 Å². The molecule has 1 N–H and O–H groups in total. The zero-order valence-electron chi connectivity index (χ0n) is 21.0. The van der Waals surface area contributed by atoms with Crippen LogP contribution < -0.4 is 5.32 Å². The average molecular weight is 486 g/mol. The second-order valence-electron chi connectivity index (χ2n) is 11.3. The molecule has 3 nitrogen and oxygen atoms in total. The molecule has 0 bridgehead atoms. The molecule has 1 spiro atoms. The van der Waals surface area contributed by atoms with Crippen molar-refractivity contribution in [2.24, 2.45) is 5.41 Å². The van der Waals surface area contributed by atoms with Gasteiger partial charge >= 0.3 is 6.18 Å². The standard InChI is InChI=1S/C29H38F3N3/c1-21(2)25-5-3-4-6-26(25)27-20-34(19-22-7-9-23(10-8-22)29(30,31)32)15-16-35(27)24-17-28(18-24)11-13-33-14-12-28/h3-10,21,24,27,33H,11-20H2,1-2H3. The Morgan fingerprint density at radius 3 is 2.31 bits per heavy atom. The highest BCUT2D eigenvalue weighted by atomic mass is 19.4. The predicted molar refractivity (Wildman–Crippen MR) is 134 cm³/mol. The highest BCUT2D eigenvalue weighted by Crippen LogP contribution is 2.52. The number of nitrogens with zero attached hydrogens (tertiary/aromatic N) is 2. The van der Waals surface area contributed by atoms with Crippen molar-refractivity contribution in [1.29, 1.82) is 0 Å². The van der Waals surface area contributed by atoms with Gasteiger partial charge in [0.15, 0.2) is 0 Å². The molecule has 1 saturated carbocycles. The number of piperazine rings is 1. The number of benzene rings is 2. The van der Waals surface area contributed by atoms with Crippen LogP contribution in [0.2, 0.25) is 0 Å². The molecule has 190 valence electrons. The molecule has 3 fully saturated rings. The van der Waals surface area contributed by atoms with E-state index in [1.165, 1.54) is 48.9 Å². The first-order valence-corrected chi connectivity index (χ1v) is 13.2. The van der Waals surface area contributed by atoms with Crippen molar-refractivity contribution in [1.82, 2.24) is 15.1 Å². The van der Waals surface area contributed by atoms with E-state index >= 15 is 0 Å². The summed E-state index contributed by atoms with van der Waals surface area (Å²) in [6, 6.07) is 15.5. The van der Waals surface area contributed by atoms with Crippen LogP contribution in [-0.2, 0) is 12.7 Å². The monoisotopic (exact) mass is 485 g/mol. The number of hydrogen-bond acceptors (Lipinski definition) is 3. The van der Waals surface area contributed by atoms with Gasteiger partial charge in [0.2, 0.25) is 0 Å². The van der Waals surface area contributed by atoms with Crippen LogP contribution in [0.1, 0.15) is 73.7 Å². The Morgan fingerprint density at radius 2 is 1.66 bits per heavy atom. The Kier molecular flexibility index (Phi) is 6.99. The highest BCUT2D eigenvalue weighted by molar-refractivity contribution is 5.34. The van der Waals surface area contributed by atoms with E-state index < -0.39 is 11.7 Å².